The third-order valence-electron chi connectivity index (χ3n) is 5.86. The smallest absolute Gasteiger partial charge is 0.347 e. The largest absolute Gasteiger partial charge is 0.478 e. The van der Waals surface area contributed by atoms with E-state index in [1.165, 1.54) is 4.88 Å². The number of ether oxygens (including phenoxy) is 1. The maximum atomic E-state index is 11.6. The Morgan fingerprint density at radius 2 is 1.83 bits per heavy atom. The summed E-state index contributed by atoms with van der Waals surface area (Å²) in [7, 11) is 0. The van der Waals surface area contributed by atoms with Crippen LogP contribution in [-0.2, 0) is 24.4 Å². The van der Waals surface area contributed by atoms with Crippen molar-refractivity contribution in [2.24, 2.45) is 0 Å². The molecule has 7 nitrogen and oxygen atoms in total. The van der Waals surface area contributed by atoms with Crippen LogP contribution in [0.25, 0.3) is 10.8 Å². The molecule has 4 rings (SSSR count). The van der Waals surface area contributed by atoms with Gasteiger partial charge in [-0.25, -0.2) is 14.8 Å². The van der Waals surface area contributed by atoms with Crippen LogP contribution < -0.4 is 4.74 Å². The molecule has 3 aromatic heterocycles. The first-order chi connectivity index (χ1) is 17.0. The van der Waals surface area contributed by atoms with E-state index in [1.807, 2.05) is 38.4 Å². The lowest BCUT2D eigenvalue weighted by atomic mass is 10.0. The molecule has 3 heterocycles. The highest BCUT2D eigenvalue weighted by Crippen LogP contribution is 2.31. The molecule has 0 bridgehead atoms. The molecule has 190 valence electrons. The third-order valence-corrected chi connectivity index (χ3v) is 7.61. The van der Waals surface area contributed by atoms with Gasteiger partial charge in [0.05, 0.1) is 17.1 Å². The maximum Gasteiger partial charge on any atom is 0.347 e. The summed E-state index contributed by atoms with van der Waals surface area (Å²) in [4.78, 5) is 25.4. The van der Waals surface area contributed by atoms with Gasteiger partial charge in [0.25, 0.3) is 0 Å². The monoisotopic (exact) mass is 525 g/mol. The third kappa shape index (κ3) is 6.03. The van der Waals surface area contributed by atoms with Crippen molar-refractivity contribution < 1.29 is 19.1 Å². The average molecular weight is 526 g/mol. The molecular formula is C27H31N3O4S2. The zero-order chi connectivity index (χ0) is 26.0. The van der Waals surface area contributed by atoms with E-state index in [0.717, 1.165) is 38.0 Å². The number of carboxylic acid groups (broad SMARTS) is 1. The van der Waals surface area contributed by atoms with Crippen LogP contribution in [0.4, 0.5) is 0 Å². The van der Waals surface area contributed by atoms with Gasteiger partial charge in [-0.05, 0) is 70.4 Å². The summed E-state index contributed by atoms with van der Waals surface area (Å²) in [6.45, 7) is 13.0. The lowest BCUT2D eigenvalue weighted by molar-refractivity contribution is -0.152. The second-order valence-corrected chi connectivity index (χ2v) is 11.7. The molecule has 0 aliphatic heterocycles. The van der Waals surface area contributed by atoms with Crippen LogP contribution in [0, 0.1) is 27.7 Å². The number of aliphatic carboxylic acids is 1. The quantitative estimate of drug-likeness (QED) is 0.251. The van der Waals surface area contributed by atoms with E-state index in [2.05, 4.69) is 35.0 Å². The van der Waals surface area contributed by atoms with Gasteiger partial charge in [-0.1, -0.05) is 12.1 Å². The molecule has 1 N–H and O–H groups in total. The van der Waals surface area contributed by atoms with Crippen molar-refractivity contribution >= 4 is 28.6 Å². The first kappa shape index (κ1) is 26.1. The van der Waals surface area contributed by atoms with Crippen LogP contribution in [0.1, 0.15) is 51.9 Å². The van der Waals surface area contributed by atoms with Crippen LogP contribution in [0.15, 0.2) is 40.3 Å². The number of carboxylic acids is 1. The summed E-state index contributed by atoms with van der Waals surface area (Å²) in [5.74, 6) is 1.08. The Balaban J connectivity index is 1.58. The molecule has 0 amide bonds. The fourth-order valence-electron chi connectivity index (χ4n) is 3.98. The Kier molecular flexibility index (Phi) is 7.63. The number of hydrogen-bond donors (Lipinski definition) is 1. The van der Waals surface area contributed by atoms with Crippen LogP contribution >= 0.6 is 22.7 Å². The Morgan fingerprint density at radius 1 is 1.11 bits per heavy atom. The molecule has 0 aliphatic carbocycles. The number of hydrogen-bond acceptors (Lipinski definition) is 8. The molecule has 0 spiro atoms. The highest BCUT2D eigenvalue weighted by molar-refractivity contribution is 7.15. The van der Waals surface area contributed by atoms with Gasteiger partial charge in [0, 0.05) is 29.5 Å². The number of aryl methyl sites for hydroxylation is 4. The molecule has 0 aliphatic rings. The second kappa shape index (κ2) is 10.5. The summed E-state index contributed by atoms with van der Waals surface area (Å²) >= 11 is 3.30. The van der Waals surface area contributed by atoms with Crippen LogP contribution in [0.2, 0.25) is 0 Å². The van der Waals surface area contributed by atoms with Gasteiger partial charge in [0.1, 0.15) is 16.5 Å². The van der Waals surface area contributed by atoms with Crippen molar-refractivity contribution in [3.63, 3.8) is 0 Å². The molecule has 0 radical (unpaired) electrons. The second-order valence-electron chi connectivity index (χ2n) is 9.48. The van der Waals surface area contributed by atoms with E-state index >= 15 is 0 Å². The number of thiazole rings is 1. The van der Waals surface area contributed by atoms with Gasteiger partial charge in [-0.3, -0.25) is 4.90 Å². The van der Waals surface area contributed by atoms with Gasteiger partial charge in [0.15, 0.2) is 5.60 Å². The summed E-state index contributed by atoms with van der Waals surface area (Å²) in [5, 5.41) is 12.5. The molecule has 0 saturated heterocycles. The first-order valence-electron chi connectivity index (χ1n) is 11.7. The molecule has 0 unspecified atom stereocenters. The fraction of sp³-hybridized carbons (Fsp3) is 0.370. The minimum Gasteiger partial charge on any atom is -0.478 e. The fourth-order valence-corrected chi connectivity index (χ4v) is 5.43. The summed E-state index contributed by atoms with van der Waals surface area (Å²) in [6.07, 6.45) is 1.82. The van der Waals surface area contributed by atoms with Gasteiger partial charge in [-0.2, -0.15) is 0 Å². The lowest BCUT2D eigenvalue weighted by Gasteiger charge is -2.25. The van der Waals surface area contributed by atoms with E-state index in [0.29, 0.717) is 31.3 Å². The minimum absolute atomic E-state index is 0.612. The maximum absolute atomic E-state index is 11.6. The zero-order valence-electron chi connectivity index (χ0n) is 21.4. The van der Waals surface area contributed by atoms with E-state index in [4.69, 9.17) is 14.1 Å². The molecular weight excluding hydrogens is 494 g/mol. The topological polar surface area (TPSA) is 88.7 Å². The van der Waals surface area contributed by atoms with Gasteiger partial charge in [0.2, 0.25) is 5.89 Å². The van der Waals surface area contributed by atoms with Crippen molar-refractivity contribution in [2.75, 3.05) is 0 Å². The molecule has 4 aromatic rings. The van der Waals surface area contributed by atoms with E-state index in [1.54, 1.807) is 36.5 Å². The predicted octanol–water partition coefficient (Wildman–Crippen LogP) is 6.54. The highest BCUT2D eigenvalue weighted by Gasteiger charge is 2.30. The van der Waals surface area contributed by atoms with Crippen molar-refractivity contribution in [2.45, 2.75) is 66.8 Å². The molecule has 0 saturated carbocycles. The Morgan fingerprint density at radius 3 is 2.42 bits per heavy atom. The SMILES string of the molecule is Cc1ccc(-c2nc(CN(Cc3cc(C)c(OC(C)(C)C(=O)O)c(C)c3)Cc3nccs3)c(C)o2)s1. The van der Waals surface area contributed by atoms with E-state index in [-0.39, 0.29) is 0 Å². The number of aromatic nitrogens is 2. The molecule has 9 heteroatoms. The van der Waals surface area contributed by atoms with Gasteiger partial charge in [-0.15, -0.1) is 22.7 Å². The molecule has 36 heavy (non-hydrogen) atoms. The Labute approximate surface area is 219 Å². The predicted molar refractivity (Wildman–Crippen MR) is 143 cm³/mol. The molecule has 0 fully saturated rings. The standard InChI is InChI=1S/C27H31N3O4S2/c1-16-11-20(12-17(2)24(16)34-27(5,6)26(31)32)13-30(15-23-28-9-10-35-23)14-21-19(4)33-25(29-21)22-8-7-18(3)36-22/h7-12H,13-15H2,1-6H3,(H,31,32). The normalized spacial score (nSPS) is 11.9. The van der Waals surface area contributed by atoms with E-state index < -0.39 is 11.6 Å². The lowest BCUT2D eigenvalue weighted by Crippen LogP contribution is -2.38. The average Bonchev–Trinajstić information content (AvgIpc) is 3.53. The number of carbonyl (C=O) groups is 1. The molecule has 0 atom stereocenters. The summed E-state index contributed by atoms with van der Waals surface area (Å²) < 4.78 is 11.9. The number of thiophene rings is 1. The highest BCUT2D eigenvalue weighted by atomic mass is 32.1. The van der Waals surface area contributed by atoms with Crippen LogP contribution in [0.3, 0.4) is 0 Å². The Bertz CT molecular complexity index is 1330. The van der Waals surface area contributed by atoms with E-state index in [9.17, 15) is 9.90 Å². The zero-order valence-corrected chi connectivity index (χ0v) is 23.0. The Hall–Kier alpha value is -3.01. The van der Waals surface area contributed by atoms with Crippen molar-refractivity contribution in [3.05, 3.63) is 73.9 Å². The van der Waals surface area contributed by atoms with Crippen LogP contribution in [0.5, 0.6) is 5.75 Å². The summed E-state index contributed by atoms with van der Waals surface area (Å²) in [6, 6.07) is 8.24. The van der Waals surface area contributed by atoms with Crippen LogP contribution in [-0.4, -0.2) is 31.5 Å². The van der Waals surface area contributed by atoms with Crippen molar-refractivity contribution in [1.82, 2.24) is 14.9 Å². The van der Waals surface area contributed by atoms with Crippen molar-refractivity contribution in [1.29, 1.82) is 0 Å². The minimum atomic E-state index is -1.31. The number of oxazole rings is 1. The van der Waals surface area contributed by atoms with Gasteiger partial charge < -0.3 is 14.3 Å². The number of benzene rings is 1. The van der Waals surface area contributed by atoms with Crippen molar-refractivity contribution in [3.8, 4) is 16.5 Å². The van der Waals surface area contributed by atoms with Gasteiger partial charge >= 0.3 is 5.97 Å². The number of nitrogens with zero attached hydrogens (tertiary/aromatic N) is 3. The number of rotatable bonds is 10. The first-order valence-corrected chi connectivity index (χ1v) is 13.4. The summed E-state index contributed by atoms with van der Waals surface area (Å²) in [5.41, 5.74) is 2.52. The molecule has 1 aromatic carbocycles.